The summed E-state index contributed by atoms with van der Waals surface area (Å²) in [6, 6.07) is 2.31. The molecule has 1 aromatic rings. The Morgan fingerprint density at radius 1 is 1.35 bits per heavy atom. The average Bonchev–Trinajstić information content (AvgIpc) is 2.96. The highest BCUT2D eigenvalue weighted by atomic mass is 32.1. The summed E-state index contributed by atoms with van der Waals surface area (Å²) >= 11 is 1.93. The Morgan fingerprint density at radius 3 is 3.12 bits per heavy atom. The van der Waals surface area contributed by atoms with Crippen molar-refractivity contribution in [1.29, 1.82) is 0 Å². The van der Waals surface area contributed by atoms with Gasteiger partial charge in [0.1, 0.15) is 0 Å². The van der Waals surface area contributed by atoms with Gasteiger partial charge < -0.3 is 5.73 Å². The molecule has 2 N–H and O–H groups in total. The average molecular weight is 250 g/mol. The first-order chi connectivity index (χ1) is 8.36. The Morgan fingerprint density at radius 2 is 2.24 bits per heavy atom. The van der Waals surface area contributed by atoms with Crippen molar-refractivity contribution >= 4 is 11.3 Å². The van der Waals surface area contributed by atoms with Gasteiger partial charge in [-0.25, -0.2) is 0 Å². The Bertz CT molecular complexity index is 374. The minimum absolute atomic E-state index is 0.791. The van der Waals surface area contributed by atoms with Gasteiger partial charge in [0, 0.05) is 24.5 Å². The van der Waals surface area contributed by atoms with Gasteiger partial charge in [-0.05, 0) is 54.7 Å². The molecule has 1 aliphatic carbocycles. The standard InChI is InChI=1S/C14H22N2S/c15-8-11-2-1-3-12(11)9-16-6-4-14-13(10-16)5-7-17-14/h5,7,11-12H,1-4,6,8-10,15H2. The third-order valence-corrected chi connectivity index (χ3v) is 5.52. The van der Waals surface area contributed by atoms with Crippen molar-refractivity contribution in [1.82, 2.24) is 4.90 Å². The molecule has 2 unspecified atom stereocenters. The maximum Gasteiger partial charge on any atom is 0.0245 e. The summed E-state index contributed by atoms with van der Waals surface area (Å²) in [4.78, 5) is 4.26. The molecule has 0 aromatic carbocycles. The van der Waals surface area contributed by atoms with E-state index in [2.05, 4.69) is 16.3 Å². The van der Waals surface area contributed by atoms with Crippen LogP contribution in [0.15, 0.2) is 11.4 Å². The van der Waals surface area contributed by atoms with E-state index in [-0.39, 0.29) is 0 Å². The van der Waals surface area contributed by atoms with Crippen molar-refractivity contribution in [3.63, 3.8) is 0 Å². The summed E-state index contributed by atoms with van der Waals surface area (Å²) in [6.45, 7) is 4.59. The molecular weight excluding hydrogens is 228 g/mol. The molecule has 2 nitrogen and oxygen atoms in total. The number of nitrogens with zero attached hydrogens (tertiary/aromatic N) is 1. The Labute approximate surface area is 108 Å². The number of rotatable bonds is 3. The molecule has 0 amide bonds. The molecule has 0 radical (unpaired) electrons. The maximum absolute atomic E-state index is 5.87. The second-order valence-corrected chi connectivity index (χ2v) is 6.54. The molecule has 1 saturated carbocycles. The van der Waals surface area contributed by atoms with Crippen LogP contribution in [0.3, 0.4) is 0 Å². The van der Waals surface area contributed by atoms with Crippen LogP contribution in [-0.2, 0) is 13.0 Å². The monoisotopic (exact) mass is 250 g/mol. The summed E-state index contributed by atoms with van der Waals surface area (Å²) in [5.74, 6) is 1.65. The van der Waals surface area contributed by atoms with Crippen LogP contribution in [0.25, 0.3) is 0 Å². The van der Waals surface area contributed by atoms with E-state index in [0.29, 0.717) is 0 Å². The van der Waals surface area contributed by atoms with Crippen LogP contribution in [0.2, 0.25) is 0 Å². The Kier molecular flexibility index (Phi) is 3.50. The second-order valence-electron chi connectivity index (χ2n) is 5.54. The van der Waals surface area contributed by atoms with E-state index >= 15 is 0 Å². The van der Waals surface area contributed by atoms with Crippen LogP contribution in [0.4, 0.5) is 0 Å². The van der Waals surface area contributed by atoms with Gasteiger partial charge in [0.05, 0.1) is 0 Å². The molecule has 2 heterocycles. The fourth-order valence-electron chi connectivity index (χ4n) is 3.46. The summed E-state index contributed by atoms with van der Waals surface area (Å²) in [6.07, 6.45) is 5.41. The molecule has 3 heteroatoms. The second kappa shape index (κ2) is 5.09. The topological polar surface area (TPSA) is 29.3 Å². The molecule has 1 aromatic heterocycles. The van der Waals surface area contributed by atoms with Crippen LogP contribution in [0, 0.1) is 11.8 Å². The van der Waals surface area contributed by atoms with E-state index < -0.39 is 0 Å². The summed E-state index contributed by atoms with van der Waals surface area (Å²) in [5, 5.41) is 2.24. The lowest BCUT2D eigenvalue weighted by Crippen LogP contribution is -2.36. The zero-order valence-electron chi connectivity index (χ0n) is 10.4. The molecule has 1 fully saturated rings. The summed E-state index contributed by atoms with van der Waals surface area (Å²) in [5.41, 5.74) is 7.45. The first-order valence-electron chi connectivity index (χ1n) is 6.84. The predicted octanol–water partition coefficient (Wildman–Crippen LogP) is 2.48. The predicted molar refractivity (Wildman–Crippen MR) is 73.2 cm³/mol. The van der Waals surface area contributed by atoms with Crippen LogP contribution in [0.1, 0.15) is 29.7 Å². The van der Waals surface area contributed by atoms with Gasteiger partial charge in [-0.1, -0.05) is 6.42 Å². The zero-order chi connectivity index (χ0) is 11.7. The van der Waals surface area contributed by atoms with E-state index in [4.69, 9.17) is 5.73 Å². The lowest BCUT2D eigenvalue weighted by Gasteiger charge is -2.31. The van der Waals surface area contributed by atoms with E-state index in [1.165, 1.54) is 45.3 Å². The quantitative estimate of drug-likeness (QED) is 0.893. The summed E-state index contributed by atoms with van der Waals surface area (Å²) < 4.78 is 0. The molecule has 2 aliphatic rings. The molecule has 1 aliphatic heterocycles. The highest BCUT2D eigenvalue weighted by molar-refractivity contribution is 7.10. The van der Waals surface area contributed by atoms with E-state index in [1.807, 2.05) is 11.3 Å². The van der Waals surface area contributed by atoms with E-state index in [0.717, 1.165) is 18.4 Å². The number of hydrogen-bond acceptors (Lipinski definition) is 3. The smallest absolute Gasteiger partial charge is 0.0245 e. The lowest BCUT2D eigenvalue weighted by molar-refractivity contribution is 0.193. The molecule has 2 atom stereocenters. The van der Waals surface area contributed by atoms with Crippen molar-refractivity contribution in [2.75, 3.05) is 19.6 Å². The zero-order valence-corrected chi connectivity index (χ0v) is 11.2. The van der Waals surface area contributed by atoms with Crippen LogP contribution < -0.4 is 5.73 Å². The number of hydrogen-bond donors (Lipinski definition) is 1. The molecule has 17 heavy (non-hydrogen) atoms. The molecule has 0 spiro atoms. The van der Waals surface area contributed by atoms with E-state index in [1.54, 1.807) is 10.4 Å². The normalized spacial score (nSPS) is 29.5. The van der Waals surface area contributed by atoms with Gasteiger partial charge >= 0.3 is 0 Å². The van der Waals surface area contributed by atoms with Gasteiger partial charge in [-0.15, -0.1) is 11.3 Å². The van der Waals surface area contributed by atoms with Crippen LogP contribution in [-0.4, -0.2) is 24.5 Å². The minimum atomic E-state index is 0.791. The number of fused-ring (bicyclic) bond motifs is 1. The molecular formula is C14H22N2S. The maximum atomic E-state index is 5.87. The summed E-state index contributed by atoms with van der Waals surface area (Å²) in [7, 11) is 0. The molecule has 0 saturated heterocycles. The van der Waals surface area contributed by atoms with Gasteiger partial charge in [0.25, 0.3) is 0 Å². The third-order valence-electron chi connectivity index (χ3n) is 4.50. The minimum Gasteiger partial charge on any atom is -0.330 e. The highest BCUT2D eigenvalue weighted by Crippen LogP contribution is 2.33. The molecule has 3 rings (SSSR count). The van der Waals surface area contributed by atoms with Gasteiger partial charge in [-0.2, -0.15) is 0 Å². The van der Waals surface area contributed by atoms with Gasteiger partial charge in [-0.3, -0.25) is 4.90 Å². The Hall–Kier alpha value is -0.380. The van der Waals surface area contributed by atoms with Gasteiger partial charge in [0.15, 0.2) is 0 Å². The van der Waals surface area contributed by atoms with Crippen molar-refractivity contribution in [2.24, 2.45) is 17.6 Å². The Balaban J connectivity index is 1.60. The third kappa shape index (κ3) is 2.42. The SMILES string of the molecule is NCC1CCCC1CN1CCc2sccc2C1. The van der Waals surface area contributed by atoms with E-state index in [9.17, 15) is 0 Å². The molecule has 94 valence electrons. The fourth-order valence-corrected chi connectivity index (χ4v) is 4.35. The van der Waals surface area contributed by atoms with Crippen LogP contribution in [0.5, 0.6) is 0 Å². The van der Waals surface area contributed by atoms with Crippen LogP contribution >= 0.6 is 11.3 Å². The van der Waals surface area contributed by atoms with Gasteiger partial charge in [0.2, 0.25) is 0 Å². The first-order valence-corrected chi connectivity index (χ1v) is 7.72. The largest absolute Gasteiger partial charge is 0.330 e. The van der Waals surface area contributed by atoms with Crippen molar-refractivity contribution in [3.8, 4) is 0 Å². The van der Waals surface area contributed by atoms with Crippen molar-refractivity contribution in [3.05, 3.63) is 21.9 Å². The number of nitrogens with two attached hydrogens (primary N) is 1. The molecule has 0 bridgehead atoms. The fraction of sp³-hybridized carbons (Fsp3) is 0.714. The highest BCUT2D eigenvalue weighted by Gasteiger charge is 2.28. The number of thiophene rings is 1. The lowest BCUT2D eigenvalue weighted by atomic mass is 9.95. The first kappa shape index (κ1) is 11.7. The van der Waals surface area contributed by atoms with Crippen molar-refractivity contribution in [2.45, 2.75) is 32.2 Å². The van der Waals surface area contributed by atoms with Crippen molar-refractivity contribution < 1.29 is 0 Å².